The van der Waals surface area contributed by atoms with Gasteiger partial charge in [-0.05, 0) is 48.9 Å². The number of carbonyl (C=O) groups excluding carboxylic acids is 1. The summed E-state index contributed by atoms with van der Waals surface area (Å²) in [6.07, 6.45) is 6.60. The molecule has 4 rings (SSSR count). The SMILES string of the molecule is Cc1nccn1-c1cc(CNC(=O)[C@@H]2CCCN(S(=O)(=O)c3cccs3)C2)ccn1. The van der Waals surface area contributed by atoms with E-state index in [0.717, 1.165) is 17.2 Å². The van der Waals surface area contributed by atoms with Crippen molar-refractivity contribution < 1.29 is 13.2 Å². The largest absolute Gasteiger partial charge is 0.352 e. The molecule has 0 saturated carbocycles. The molecule has 1 aliphatic rings. The second-order valence-corrected chi connectivity index (χ2v) is 10.3. The van der Waals surface area contributed by atoms with E-state index in [1.165, 1.54) is 15.6 Å². The van der Waals surface area contributed by atoms with E-state index in [1.54, 1.807) is 29.9 Å². The third-order valence-electron chi connectivity index (χ3n) is 5.19. The summed E-state index contributed by atoms with van der Waals surface area (Å²) in [5, 5.41) is 4.70. The predicted molar refractivity (Wildman–Crippen MR) is 114 cm³/mol. The number of nitrogens with one attached hydrogen (secondary N) is 1. The zero-order chi connectivity index (χ0) is 21.1. The molecule has 0 aromatic carbocycles. The molecule has 1 aliphatic heterocycles. The standard InChI is InChI=1S/C20H23N5O3S2/c1-15-21-8-10-25(15)18-12-16(6-7-22-18)13-23-20(26)17-4-2-9-24(14-17)30(27,28)19-5-3-11-29-19/h3,5-8,10-12,17H,2,4,9,13-14H2,1H3,(H,23,26)/t17-/m1/s1. The van der Waals surface area contributed by atoms with Crippen LogP contribution in [0, 0.1) is 12.8 Å². The van der Waals surface area contributed by atoms with Crippen molar-refractivity contribution in [3.63, 3.8) is 0 Å². The molecule has 0 spiro atoms. The number of carbonyl (C=O) groups is 1. The van der Waals surface area contributed by atoms with Gasteiger partial charge in [0.05, 0.1) is 5.92 Å². The summed E-state index contributed by atoms with van der Waals surface area (Å²) >= 11 is 1.20. The number of amides is 1. The van der Waals surface area contributed by atoms with Crippen LogP contribution in [0.15, 0.2) is 52.4 Å². The van der Waals surface area contributed by atoms with Gasteiger partial charge in [-0.25, -0.2) is 18.4 Å². The van der Waals surface area contributed by atoms with Gasteiger partial charge < -0.3 is 5.32 Å². The second kappa shape index (κ2) is 8.66. The molecule has 1 N–H and O–H groups in total. The van der Waals surface area contributed by atoms with E-state index >= 15 is 0 Å². The van der Waals surface area contributed by atoms with Crippen molar-refractivity contribution in [2.45, 2.75) is 30.5 Å². The number of aromatic nitrogens is 3. The first-order valence-corrected chi connectivity index (χ1v) is 12.0. The Kier molecular flexibility index (Phi) is 5.98. The maximum Gasteiger partial charge on any atom is 0.252 e. The Bertz CT molecular complexity index is 1130. The zero-order valence-corrected chi connectivity index (χ0v) is 18.2. The van der Waals surface area contributed by atoms with E-state index < -0.39 is 10.0 Å². The zero-order valence-electron chi connectivity index (χ0n) is 16.6. The number of pyridine rings is 1. The lowest BCUT2D eigenvalue weighted by Crippen LogP contribution is -2.45. The van der Waals surface area contributed by atoms with Crippen molar-refractivity contribution in [3.8, 4) is 5.82 Å². The lowest BCUT2D eigenvalue weighted by Gasteiger charge is -2.30. The molecule has 1 saturated heterocycles. The minimum absolute atomic E-state index is 0.127. The molecule has 3 aromatic rings. The Morgan fingerprint density at radius 2 is 2.17 bits per heavy atom. The van der Waals surface area contributed by atoms with Gasteiger partial charge >= 0.3 is 0 Å². The van der Waals surface area contributed by atoms with Crippen molar-refractivity contribution in [1.82, 2.24) is 24.2 Å². The van der Waals surface area contributed by atoms with E-state index in [1.807, 2.05) is 29.8 Å². The third kappa shape index (κ3) is 4.30. The number of thiophene rings is 1. The Morgan fingerprint density at radius 1 is 1.30 bits per heavy atom. The van der Waals surface area contributed by atoms with E-state index in [2.05, 4.69) is 15.3 Å². The van der Waals surface area contributed by atoms with Crippen molar-refractivity contribution in [3.05, 3.63) is 59.6 Å². The fourth-order valence-electron chi connectivity index (χ4n) is 3.57. The molecule has 1 amide bonds. The van der Waals surface area contributed by atoms with Crippen molar-refractivity contribution in [2.75, 3.05) is 13.1 Å². The molecule has 4 heterocycles. The lowest BCUT2D eigenvalue weighted by molar-refractivity contribution is -0.126. The fourth-order valence-corrected chi connectivity index (χ4v) is 6.24. The molecule has 0 radical (unpaired) electrons. The van der Waals surface area contributed by atoms with Gasteiger partial charge in [0.2, 0.25) is 5.91 Å². The Morgan fingerprint density at radius 3 is 2.90 bits per heavy atom. The highest BCUT2D eigenvalue weighted by Crippen LogP contribution is 2.26. The number of sulfonamides is 1. The first-order chi connectivity index (χ1) is 14.4. The highest BCUT2D eigenvalue weighted by molar-refractivity contribution is 7.91. The van der Waals surface area contributed by atoms with Crippen LogP contribution >= 0.6 is 11.3 Å². The molecule has 0 bridgehead atoms. The maximum absolute atomic E-state index is 12.8. The van der Waals surface area contributed by atoms with Gasteiger partial charge in [0.1, 0.15) is 15.9 Å². The van der Waals surface area contributed by atoms with Gasteiger partial charge in [-0.2, -0.15) is 4.31 Å². The normalized spacial score (nSPS) is 17.7. The average molecular weight is 446 g/mol. The number of hydrogen-bond donors (Lipinski definition) is 1. The predicted octanol–water partition coefficient (Wildman–Crippen LogP) is 2.35. The summed E-state index contributed by atoms with van der Waals surface area (Å²) < 4.78 is 29.2. The smallest absolute Gasteiger partial charge is 0.252 e. The molecule has 1 fully saturated rings. The van der Waals surface area contributed by atoms with Crippen molar-refractivity contribution in [2.24, 2.45) is 5.92 Å². The molecule has 0 aliphatic carbocycles. The highest BCUT2D eigenvalue weighted by atomic mass is 32.2. The first kappa shape index (κ1) is 20.7. The number of nitrogens with zero attached hydrogens (tertiary/aromatic N) is 4. The number of rotatable bonds is 6. The van der Waals surface area contributed by atoms with Crippen LogP contribution in [0.2, 0.25) is 0 Å². The number of imidazole rings is 1. The Labute approximate surface area is 179 Å². The van der Waals surface area contributed by atoms with Gasteiger partial charge in [0.15, 0.2) is 0 Å². The van der Waals surface area contributed by atoms with E-state index in [-0.39, 0.29) is 18.4 Å². The molecule has 0 unspecified atom stereocenters. The Hall–Kier alpha value is -2.56. The highest BCUT2D eigenvalue weighted by Gasteiger charge is 2.33. The molecular formula is C20H23N5O3S2. The second-order valence-electron chi connectivity index (χ2n) is 7.22. The first-order valence-electron chi connectivity index (χ1n) is 9.72. The fraction of sp³-hybridized carbons (Fsp3) is 0.350. The van der Waals surface area contributed by atoms with Crippen LogP contribution in [0.5, 0.6) is 0 Å². The summed E-state index contributed by atoms with van der Waals surface area (Å²) in [5.41, 5.74) is 0.917. The summed E-state index contributed by atoms with van der Waals surface area (Å²) in [6, 6.07) is 7.08. The van der Waals surface area contributed by atoms with Gasteiger partial charge in [0.25, 0.3) is 10.0 Å². The van der Waals surface area contributed by atoms with Crippen molar-refractivity contribution in [1.29, 1.82) is 0 Å². The quantitative estimate of drug-likeness (QED) is 0.628. The Balaban J connectivity index is 1.39. The van der Waals surface area contributed by atoms with E-state index in [4.69, 9.17) is 0 Å². The molecule has 8 nitrogen and oxygen atoms in total. The van der Waals surface area contributed by atoms with Gasteiger partial charge in [-0.1, -0.05) is 6.07 Å². The maximum atomic E-state index is 12.8. The van der Waals surface area contributed by atoms with Crippen LogP contribution in [0.4, 0.5) is 0 Å². The van der Waals surface area contributed by atoms with Gasteiger partial charge in [-0.3, -0.25) is 9.36 Å². The summed E-state index contributed by atoms with van der Waals surface area (Å²) in [6.45, 7) is 2.91. The molecule has 30 heavy (non-hydrogen) atoms. The minimum Gasteiger partial charge on any atom is -0.352 e. The van der Waals surface area contributed by atoms with Crippen LogP contribution in [0.1, 0.15) is 24.2 Å². The number of aryl methyl sites for hydroxylation is 1. The van der Waals surface area contributed by atoms with Crippen LogP contribution in [0.3, 0.4) is 0 Å². The number of piperidine rings is 1. The number of hydrogen-bond acceptors (Lipinski definition) is 6. The molecular weight excluding hydrogens is 422 g/mol. The van der Waals surface area contributed by atoms with E-state index in [0.29, 0.717) is 30.1 Å². The van der Waals surface area contributed by atoms with Crippen LogP contribution < -0.4 is 5.32 Å². The molecule has 1 atom stereocenters. The summed E-state index contributed by atoms with van der Waals surface area (Å²) in [7, 11) is -3.53. The molecule has 3 aromatic heterocycles. The topological polar surface area (TPSA) is 97.2 Å². The van der Waals surface area contributed by atoms with Crippen LogP contribution in [-0.4, -0.2) is 46.3 Å². The third-order valence-corrected chi connectivity index (χ3v) is 8.43. The van der Waals surface area contributed by atoms with Crippen molar-refractivity contribution >= 4 is 27.3 Å². The summed E-state index contributed by atoms with van der Waals surface area (Å²) in [4.78, 5) is 21.3. The molecule has 10 heteroatoms. The monoisotopic (exact) mass is 445 g/mol. The van der Waals surface area contributed by atoms with Crippen LogP contribution in [-0.2, 0) is 21.4 Å². The van der Waals surface area contributed by atoms with Gasteiger partial charge in [-0.15, -0.1) is 11.3 Å². The van der Waals surface area contributed by atoms with Crippen LogP contribution in [0.25, 0.3) is 5.82 Å². The molecule has 158 valence electrons. The minimum atomic E-state index is -3.53. The van der Waals surface area contributed by atoms with E-state index in [9.17, 15) is 13.2 Å². The lowest BCUT2D eigenvalue weighted by atomic mass is 9.99. The summed E-state index contributed by atoms with van der Waals surface area (Å²) in [5.74, 6) is 1.09. The van der Waals surface area contributed by atoms with Gasteiger partial charge in [0, 0.05) is 38.2 Å². The average Bonchev–Trinajstić information content (AvgIpc) is 3.44.